The Morgan fingerprint density at radius 2 is 1.55 bits per heavy atom. The van der Waals surface area contributed by atoms with E-state index in [4.69, 9.17) is 0 Å². The predicted molar refractivity (Wildman–Crippen MR) is 115 cm³/mol. The summed E-state index contributed by atoms with van der Waals surface area (Å²) in [5, 5.41) is 0. The molecule has 0 radical (unpaired) electrons. The molecule has 1 saturated heterocycles. The molecule has 0 bridgehead atoms. The van der Waals surface area contributed by atoms with Gasteiger partial charge in [-0.25, -0.2) is 4.39 Å². The predicted octanol–water partition coefficient (Wildman–Crippen LogP) is 6.12. The fraction of sp³-hybridized carbons (Fsp3) is 0.269. The molecule has 4 rings (SSSR count). The lowest BCUT2D eigenvalue weighted by Gasteiger charge is -2.47. The highest BCUT2D eigenvalue weighted by atomic mass is 19.1. The second kappa shape index (κ2) is 8.60. The lowest BCUT2D eigenvalue weighted by molar-refractivity contribution is -0.130. The molecule has 0 spiro atoms. The summed E-state index contributed by atoms with van der Waals surface area (Å²) in [6.45, 7) is 2.14. The molecule has 1 amide bonds. The van der Waals surface area contributed by atoms with E-state index < -0.39 is 0 Å². The first kappa shape index (κ1) is 19.4. The van der Waals surface area contributed by atoms with Crippen LogP contribution in [-0.2, 0) is 17.6 Å². The Kier molecular flexibility index (Phi) is 5.75. The van der Waals surface area contributed by atoms with Crippen molar-refractivity contribution in [2.24, 2.45) is 5.92 Å². The SMILES string of the molecule is CCc1ccc([C@@H]2[C@@H](CCCc3ccccc3)C(=O)N2c2ccc(F)cc2)cc1. The van der Waals surface area contributed by atoms with Gasteiger partial charge in [0, 0.05) is 5.69 Å². The molecule has 2 atom stereocenters. The summed E-state index contributed by atoms with van der Waals surface area (Å²) in [5.74, 6) is -0.185. The van der Waals surface area contributed by atoms with Crippen molar-refractivity contribution in [3.05, 3.63) is 101 Å². The van der Waals surface area contributed by atoms with E-state index in [2.05, 4.69) is 55.5 Å². The van der Waals surface area contributed by atoms with Gasteiger partial charge in [-0.3, -0.25) is 4.79 Å². The summed E-state index contributed by atoms with van der Waals surface area (Å²) in [4.78, 5) is 14.9. The summed E-state index contributed by atoms with van der Waals surface area (Å²) in [5.41, 5.74) is 4.50. The number of β-lactam (4-membered cyclic amide) rings is 1. The van der Waals surface area contributed by atoms with E-state index in [9.17, 15) is 9.18 Å². The lowest BCUT2D eigenvalue weighted by Crippen LogP contribution is -2.55. The molecule has 3 heteroatoms. The third-order valence-corrected chi connectivity index (χ3v) is 5.87. The second-order valence-corrected chi connectivity index (χ2v) is 7.71. The first-order chi connectivity index (χ1) is 14.2. The third kappa shape index (κ3) is 4.09. The van der Waals surface area contributed by atoms with Gasteiger partial charge in [-0.2, -0.15) is 0 Å². The largest absolute Gasteiger partial charge is 0.304 e. The average Bonchev–Trinajstić information content (AvgIpc) is 2.77. The molecule has 0 aromatic heterocycles. The smallest absolute Gasteiger partial charge is 0.233 e. The van der Waals surface area contributed by atoms with Gasteiger partial charge < -0.3 is 4.90 Å². The van der Waals surface area contributed by atoms with Crippen LogP contribution in [-0.4, -0.2) is 5.91 Å². The van der Waals surface area contributed by atoms with Gasteiger partial charge in [0.15, 0.2) is 0 Å². The van der Waals surface area contributed by atoms with Gasteiger partial charge in [-0.1, -0.05) is 61.5 Å². The van der Waals surface area contributed by atoms with Crippen LogP contribution in [0.15, 0.2) is 78.9 Å². The molecular weight excluding hydrogens is 361 g/mol. The number of amides is 1. The molecule has 1 aliphatic rings. The molecule has 0 N–H and O–H groups in total. The number of benzene rings is 3. The number of hydrogen-bond donors (Lipinski definition) is 0. The molecule has 3 aromatic rings. The molecule has 1 heterocycles. The van der Waals surface area contributed by atoms with E-state index in [1.54, 1.807) is 12.1 Å². The number of hydrogen-bond acceptors (Lipinski definition) is 1. The summed E-state index contributed by atoms with van der Waals surface area (Å²) in [6.07, 6.45) is 3.79. The fourth-order valence-electron chi connectivity index (χ4n) is 4.22. The van der Waals surface area contributed by atoms with Crippen molar-refractivity contribution in [3.63, 3.8) is 0 Å². The third-order valence-electron chi connectivity index (χ3n) is 5.87. The van der Waals surface area contributed by atoms with Gasteiger partial charge in [0.2, 0.25) is 5.91 Å². The molecule has 0 unspecified atom stereocenters. The Bertz CT molecular complexity index is 950. The van der Waals surface area contributed by atoms with Crippen LogP contribution < -0.4 is 4.90 Å². The van der Waals surface area contributed by atoms with E-state index in [0.717, 1.165) is 36.9 Å². The highest BCUT2D eigenvalue weighted by Gasteiger charge is 2.48. The second-order valence-electron chi connectivity index (χ2n) is 7.71. The van der Waals surface area contributed by atoms with Crippen LogP contribution in [0.3, 0.4) is 0 Å². The normalized spacial score (nSPS) is 18.6. The maximum Gasteiger partial charge on any atom is 0.233 e. The molecule has 0 aliphatic carbocycles. The zero-order valence-electron chi connectivity index (χ0n) is 16.7. The van der Waals surface area contributed by atoms with E-state index >= 15 is 0 Å². The molecule has 148 valence electrons. The van der Waals surface area contributed by atoms with Gasteiger partial charge >= 0.3 is 0 Å². The number of anilines is 1. The summed E-state index contributed by atoms with van der Waals surface area (Å²) in [6, 6.07) is 25.2. The van der Waals surface area contributed by atoms with Gasteiger partial charge in [0.05, 0.1) is 12.0 Å². The van der Waals surface area contributed by atoms with Crippen molar-refractivity contribution in [3.8, 4) is 0 Å². The summed E-state index contributed by atoms with van der Waals surface area (Å²) < 4.78 is 13.4. The quantitative estimate of drug-likeness (QED) is 0.448. The molecule has 1 aliphatic heterocycles. The minimum atomic E-state index is -0.287. The van der Waals surface area contributed by atoms with Crippen molar-refractivity contribution < 1.29 is 9.18 Å². The van der Waals surface area contributed by atoms with Gasteiger partial charge in [-0.05, 0) is 66.6 Å². The minimum absolute atomic E-state index is 0.00893. The Morgan fingerprint density at radius 3 is 2.21 bits per heavy atom. The van der Waals surface area contributed by atoms with Crippen LogP contribution in [0.5, 0.6) is 0 Å². The average molecular weight is 387 g/mol. The van der Waals surface area contributed by atoms with Crippen LogP contribution in [0, 0.1) is 11.7 Å². The van der Waals surface area contributed by atoms with Crippen LogP contribution in [0.25, 0.3) is 0 Å². The minimum Gasteiger partial charge on any atom is -0.304 e. The Labute approximate surface area is 172 Å². The molecule has 0 saturated carbocycles. The lowest BCUT2D eigenvalue weighted by atomic mass is 9.78. The van der Waals surface area contributed by atoms with Gasteiger partial charge in [0.25, 0.3) is 0 Å². The van der Waals surface area contributed by atoms with Crippen LogP contribution in [0.1, 0.15) is 42.5 Å². The number of carbonyl (C=O) groups excluding carboxylic acids is 1. The molecule has 2 nitrogen and oxygen atoms in total. The monoisotopic (exact) mass is 387 g/mol. The number of nitrogens with zero attached hydrogens (tertiary/aromatic N) is 1. The Hall–Kier alpha value is -2.94. The number of carbonyl (C=O) groups is 1. The number of aryl methyl sites for hydroxylation is 2. The number of rotatable bonds is 7. The van der Waals surface area contributed by atoms with E-state index in [0.29, 0.717) is 0 Å². The highest BCUT2D eigenvalue weighted by Crippen LogP contribution is 2.45. The zero-order chi connectivity index (χ0) is 20.2. The van der Waals surface area contributed by atoms with E-state index in [-0.39, 0.29) is 23.7 Å². The first-order valence-electron chi connectivity index (χ1n) is 10.4. The molecule has 29 heavy (non-hydrogen) atoms. The Balaban J connectivity index is 1.54. The van der Waals surface area contributed by atoms with Crippen molar-refractivity contribution in [2.45, 2.75) is 38.6 Å². The van der Waals surface area contributed by atoms with Crippen molar-refractivity contribution >= 4 is 11.6 Å². The molecule has 1 fully saturated rings. The van der Waals surface area contributed by atoms with Crippen LogP contribution in [0.4, 0.5) is 10.1 Å². The molecule has 3 aromatic carbocycles. The van der Waals surface area contributed by atoms with Crippen molar-refractivity contribution in [1.29, 1.82) is 0 Å². The maximum atomic E-state index is 13.4. The fourth-order valence-corrected chi connectivity index (χ4v) is 4.22. The topological polar surface area (TPSA) is 20.3 Å². The highest BCUT2D eigenvalue weighted by molar-refractivity contribution is 6.03. The van der Waals surface area contributed by atoms with Crippen LogP contribution in [0.2, 0.25) is 0 Å². The van der Waals surface area contributed by atoms with Gasteiger partial charge in [0.1, 0.15) is 5.82 Å². The zero-order valence-corrected chi connectivity index (χ0v) is 16.7. The summed E-state index contributed by atoms with van der Waals surface area (Å²) >= 11 is 0. The maximum absolute atomic E-state index is 13.4. The first-order valence-corrected chi connectivity index (χ1v) is 10.4. The Morgan fingerprint density at radius 1 is 0.862 bits per heavy atom. The van der Waals surface area contributed by atoms with E-state index in [1.807, 2.05) is 11.0 Å². The van der Waals surface area contributed by atoms with Crippen molar-refractivity contribution in [1.82, 2.24) is 0 Å². The summed E-state index contributed by atoms with van der Waals surface area (Å²) in [7, 11) is 0. The molecular formula is C26H26FNO. The van der Waals surface area contributed by atoms with Crippen molar-refractivity contribution in [2.75, 3.05) is 4.90 Å². The van der Waals surface area contributed by atoms with Gasteiger partial charge in [-0.15, -0.1) is 0 Å². The van der Waals surface area contributed by atoms with E-state index in [1.165, 1.54) is 23.3 Å². The standard InChI is InChI=1S/C26H26FNO/c1-2-19-11-13-21(14-12-19)25-24(10-6-9-20-7-4-3-5-8-20)26(29)28(25)23-17-15-22(27)16-18-23/h3-5,7-8,11-18,24-25H,2,6,9-10H2,1H3/t24-,25-/m1/s1. The van der Waals surface area contributed by atoms with Crippen LogP contribution >= 0.6 is 0 Å². The number of halogens is 1.